The van der Waals surface area contributed by atoms with E-state index in [4.69, 9.17) is 27.9 Å². The normalized spacial score (nSPS) is 10.9. The first-order chi connectivity index (χ1) is 11.8. The van der Waals surface area contributed by atoms with Gasteiger partial charge in [0, 0.05) is 30.2 Å². The van der Waals surface area contributed by atoms with Crippen molar-refractivity contribution in [2.24, 2.45) is 0 Å². The number of fused-ring (bicyclic) bond motifs is 1. The third-order valence-corrected chi connectivity index (χ3v) is 4.29. The zero-order valence-electron chi connectivity index (χ0n) is 14.1. The minimum Gasteiger partial charge on any atom is -0.463 e. The smallest absolute Gasteiger partial charge is 0.307 e. The van der Waals surface area contributed by atoms with Crippen molar-refractivity contribution in [1.29, 1.82) is 0 Å². The molecular weight excluding hydrogens is 363 g/mol. The van der Waals surface area contributed by atoms with Crippen LogP contribution in [0.25, 0.3) is 10.9 Å². The second-order valence-corrected chi connectivity index (χ2v) is 6.66. The van der Waals surface area contributed by atoms with Crippen molar-refractivity contribution in [1.82, 2.24) is 9.88 Å². The van der Waals surface area contributed by atoms with Gasteiger partial charge in [0.1, 0.15) is 0 Å². The quantitative estimate of drug-likeness (QED) is 0.579. The van der Waals surface area contributed by atoms with E-state index in [-0.39, 0.29) is 24.4 Å². The van der Waals surface area contributed by atoms with Gasteiger partial charge in [-0.2, -0.15) is 0 Å². The van der Waals surface area contributed by atoms with Crippen molar-refractivity contribution < 1.29 is 14.3 Å². The number of esters is 1. The molecule has 0 aliphatic carbocycles. The van der Waals surface area contributed by atoms with E-state index in [0.717, 1.165) is 16.5 Å². The number of carbonyl (C=O) groups is 2. The summed E-state index contributed by atoms with van der Waals surface area (Å²) in [4.78, 5) is 23.2. The number of aryl methyl sites for hydroxylation is 1. The number of hydrogen-bond acceptors (Lipinski definition) is 3. The number of ether oxygens (including phenoxy) is 1. The fourth-order valence-electron chi connectivity index (χ4n) is 2.47. The second-order valence-electron chi connectivity index (χ2n) is 5.84. The van der Waals surface area contributed by atoms with Crippen LogP contribution < -0.4 is 5.32 Å². The van der Waals surface area contributed by atoms with E-state index in [9.17, 15) is 9.59 Å². The lowest BCUT2D eigenvalue weighted by atomic mass is 10.2. The van der Waals surface area contributed by atoms with Crippen molar-refractivity contribution in [3.63, 3.8) is 0 Å². The average molecular weight is 383 g/mol. The number of halogens is 2. The molecule has 134 valence electrons. The predicted octanol–water partition coefficient (Wildman–Crippen LogP) is 4.09. The van der Waals surface area contributed by atoms with E-state index in [1.807, 2.05) is 24.6 Å². The molecule has 0 saturated carbocycles. The van der Waals surface area contributed by atoms with Crippen LogP contribution in [-0.4, -0.2) is 22.5 Å². The van der Waals surface area contributed by atoms with Crippen LogP contribution in [0.5, 0.6) is 0 Å². The number of nitrogens with one attached hydrogen (secondary N) is 1. The molecule has 0 aliphatic rings. The number of hydrogen-bond donors (Lipinski definition) is 1. The Morgan fingerprint density at radius 1 is 1.32 bits per heavy atom. The van der Waals surface area contributed by atoms with E-state index < -0.39 is 0 Å². The summed E-state index contributed by atoms with van der Waals surface area (Å²) in [5, 5.41) is 4.48. The standard InChI is InChI=1S/C18H20Cl2N2O3/c1-4-17(23)21-9-12-10-22(6-5-18(24)25-11(2)3)16-8-15(20)14(19)7-13(12)16/h4,7-8,10-11H,1,5-6,9H2,2-3H3,(H,21,23). The molecule has 0 radical (unpaired) electrons. The highest BCUT2D eigenvalue weighted by atomic mass is 35.5. The summed E-state index contributed by atoms with van der Waals surface area (Å²) in [6, 6.07) is 3.52. The fourth-order valence-corrected chi connectivity index (χ4v) is 2.79. The maximum atomic E-state index is 11.8. The van der Waals surface area contributed by atoms with Gasteiger partial charge in [0.2, 0.25) is 5.91 Å². The molecule has 1 N–H and O–H groups in total. The molecule has 0 aliphatic heterocycles. The monoisotopic (exact) mass is 382 g/mol. The van der Waals surface area contributed by atoms with Gasteiger partial charge in [-0.15, -0.1) is 0 Å². The Balaban J connectivity index is 2.29. The van der Waals surface area contributed by atoms with Crippen molar-refractivity contribution in [3.8, 4) is 0 Å². The molecule has 1 aromatic carbocycles. The molecule has 7 heteroatoms. The zero-order chi connectivity index (χ0) is 18.6. The van der Waals surface area contributed by atoms with Crippen molar-refractivity contribution in [3.05, 3.63) is 46.6 Å². The van der Waals surface area contributed by atoms with Crippen LogP contribution in [-0.2, 0) is 27.4 Å². The highest BCUT2D eigenvalue weighted by Crippen LogP contribution is 2.31. The minimum atomic E-state index is -0.265. The first kappa shape index (κ1) is 19.3. The predicted molar refractivity (Wildman–Crippen MR) is 99.8 cm³/mol. The zero-order valence-corrected chi connectivity index (χ0v) is 15.7. The largest absolute Gasteiger partial charge is 0.463 e. The molecule has 1 amide bonds. The lowest BCUT2D eigenvalue weighted by Gasteiger charge is -2.09. The Bertz CT molecular complexity index is 812. The first-order valence-electron chi connectivity index (χ1n) is 7.88. The van der Waals surface area contributed by atoms with Gasteiger partial charge in [0.15, 0.2) is 0 Å². The maximum absolute atomic E-state index is 11.8. The van der Waals surface area contributed by atoms with Gasteiger partial charge >= 0.3 is 5.97 Å². The number of carbonyl (C=O) groups excluding carboxylic acids is 2. The van der Waals surface area contributed by atoms with E-state index in [0.29, 0.717) is 23.1 Å². The van der Waals surface area contributed by atoms with Gasteiger partial charge in [-0.3, -0.25) is 9.59 Å². The number of amides is 1. The maximum Gasteiger partial charge on any atom is 0.307 e. The van der Waals surface area contributed by atoms with Gasteiger partial charge in [-0.25, -0.2) is 0 Å². The van der Waals surface area contributed by atoms with Crippen LogP contribution >= 0.6 is 23.2 Å². The Morgan fingerprint density at radius 2 is 2.00 bits per heavy atom. The first-order valence-corrected chi connectivity index (χ1v) is 8.64. The number of benzene rings is 1. The van der Waals surface area contributed by atoms with Crippen LogP contribution in [0.1, 0.15) is 25.8 Å². The Labute approximate surface area is 156 Å². The fraction of sp³-hybridized carbons (Fsp3) is 0.333. The molecule has 1 heterocycles. The molecular formula is C18H20Cl2N2O3. The Hall–Kier alpha value is -1.98. The van der Waals surface area contributed by atoms with E-state index in [1.54, 1.807) is 12.1 Å². The van der Waals surface area contributed by atoms with E-state index >= 15 is 0 Å². The van der Waals surface area contributed by atoms with Crippen molar-refractivity contribution in [2.45, 2.75) is 39.5 Å². The molecule has 0 saturated heterocycles. The SMILES string of the molecule is C=CC(=O)NCc1cn(CCC(=O)OC(C)C)c2cc(Cl)c(Cl)cc12. The molecule has 2 rings (SSSR count). The van der Waals surface area contributed by atoms with Crippen molar-refractivity contribution in [2.75, 3.05) is 0 Å². The summed E-state index contributed by atoms with van der Waals surface area (Å²) in [6.07, 6.45) is 3.18. The van der Waals surface area contributed by atoms with E-state index in [2.05, 4.69) is 11.9 Å². The minimum absolute atomic E-state index is 0.146. The molecule has 25 heavy (non-hydrogen) atoms. The molecule has 0 spiro atoms. The average Bonchev–Trinajstić information content (AvgIpc) is 2.87. The third-order valence-electron chi connectivity index (χ3n) is 3.57. The molecule has 2 aromatic rings. The summed E-state index contributed by atoms with van der Waals surface area (Å²) in [5.74, 6) is -0.528. The van der Waals surface area contributed by atoms with Gasteiger partial charge in [-0.05, 0) is 37.6 Å². The number of rotatable bonds is 7. The van der Waals surface area contributed by atoms with Crippen LogP contribution in [0.15, 0.2) is 31.0 Å². The lowest BCUT2D eigenvalue weighted by Crippen LogP contribution is -2.19. The Morgan fingerprint density at radius 3 is 2.64 bits per heavy atom. The van der Waals surface area contributed by atoms with Crippen LogP contribution in [0.4, 0.5) is 0 Å². The van der Waals surface area contributed by atoms with Crippen LogP contribution in [0, 0.1) is 0 Å². The van der Waals surface area contributed by atoms with Crippen molar-refractivity contribution >= 4 is 46.0 Å². The molecule has 0 atom stereocenters. The second kappa shape index (κ2) is 8.41. The summed E-state index contributed by atoms with van der Waals surface area (Å²) in [6.45, 7) is 7.81. The van der Waals surface area contributed by atoms with E-state index in [1.165, 1.54) is 6.08 Å². The van der Waals surface area contributed by atoms with Gasteiger partial charge < -0.3 is 14.6 Å². The van der Waals surface area contributed by atoms with Gasteiger partial charge in [0.05, 0.1) is 22.6 Å². The molecule has 1 aromatic heterocycles. The molecule has 0 fully saturated rings. The lowest BCUT2D eigenvalue weighted by molar-refractivity contribution is -0.147. The summed E-state index contributed by atoms with van der Waals surface area (Å²) in [7, 11) is 0. The molecule has 0 unspecified atom stereocenters. The van der Waals surface area contributed by atoms with Gasteiger partial charge in [0.25, 0.3) is 0 Å². The third kappa shape index (κ3) is 5.00. The highest BCUT2D eigenvalue weighted by Gasteiger charge is 2.14. The summed E-state index contributed by atoms with van der Waals surface area (Å²) >= 11 is 12.3. The summed E-state index contributed by atoms with van der Waals surface area (Å²) in [5.41, 5.74) is 1.72. The topological polar surface area (TPSA) is 60.3 Å². The number of nitrogens with zero attached hydrogens (tertiary/aromatic N) is 1. The highest BCUT2D eigenvalue weighted by molar-refractivity contribution is 6.42. The Kier molecular flexibility index (Phi) is 6.51. The molecule has 5 nitrogen and oxygen atoms in total. The summed E-state index contributed by atoms with van der Waals surface area (Å²) < 4.78 is 7.07. The number of aromatic nitrogens is 1. The molecule has 0 bridgehead atoms. The van der Waals surface area contributed by atoms with Gasteiger partial charge in [-0.1, -0.05) is 29.8 Å². The van der Waals surface area contributed by atoms with Crippen LogP contribution in [0.2, 0.25) is 10.0 Å². The van der Waals surface area contributed by atoms with Crippen LogP contribution in [0.3, 0.4) is 0 Å².